The van der Waals surface area contributed by atoms with Gasteiger partial charge in [-0.05, 0) is 89.9 Å². The molecule has 0 rings (SSSR count). The molecule has 0 aromatic rings. The number of nitrogens with one attached hydrogen (secondary N) is 1. The Morgan fingerprint density at radius 3 is 1.22 bits per heavy atom. The molecule has 0 aliphatic heterocycles. The summed E-state index contributed by atoms with van der Waals surface area (Å²) in [6.45, 7) is 4.89. The molecule has 0 heterocycles. The summed E-state index contributed by atoms with van der Waals surface area (Å²) < 4.78 is 5.46. The number of carbonyl (C=O) groups excluding carboxylic acids is 2. The first kappa shape index (κ1) is 66.8. The van der Waals surface area contributed by atoms with Crippen molar-refractivity contribution >= 4 is 11.9 Å². The molecule has 0 radical (unpaired) electrons. The molecule has 0 aliphatic carbocycles. The topological polar surface area (TPSA) is 95.9 Å². The van der Waals surface area contributed by atoms with Crippen LogP contribution in [0, 0.1) is 0 Å². The van der Waals surface area contributed by atoms with Crippen molar-refractivity contribution in [3.05, 3.63) is 48.6 Å². The first-order valence-electron chi connectivity index (χ1n) is 30.4. The standard InChI is InChI=1S/C63H117NO5/c1-3-5-7-9-11-13-15-17-19-24-29-33-37-41-45-49-53-57-63(68)69-58-54-50-46-42-38-34-30-26-23-21-22-25-28-32-36-40-44-48-52-56-62(67)64-60(59-65)61(66)55-51-47-43-39-35-31-27-20-18-16-14-12-10-8-6-4-2/h11,13,17,19,26,30,34,38,60-61,65-66H,3-10,12,14-16,18,20-25,27-29,31-33,35-37,39-59H2,1-2H3,(H,64,67)/b13-11-,19-17-,30-26-,38-34-. The Hall–Kier alpha value is -2.18. The molecule has 3 N–H and O–H groups in total. The molecule has 404 valence electrons. The molecular formula is C63H117NO5. The molecule has 0 aromatic heterocycles. The monoisotopic (exact) mass is 968 g/mol. The van der Waals surface area contributed by atoms with Gasteiger partial charge in [-0.15, -0.1) is 0 Å². The van der Waals surface area contributed by atoms with Gasteiger partial charge < -0.3 is 20.3 Å². The number of amides is 1. The highest BCUT2D eigenvalue weighted by Crippen LogP contribution is 2.17. The van der Waals surface area contributed by atoms with Crippen LogP contribution in [0.4, 0.5) is 0 Å². The molecule has 0 fully saturated rings. The highest BCUT2D eigenvalue weighted by Gasteiger charge is 2.20. The number of allylic oxidation sites excluding steroid dienone is 8. The minimum Gasteiger partial charge on any atom is -0.466 e. The van der Waals surface area contributed by atoms with Gasteiger partial charge in [0.25, 0.3) is 0 Å². The lowest BCUT2D eigenvalue weighted by Gasteiger charge is -2.22. The Kier molecular flexibility index (Phi) is 56.5. The van der Waals surface area contributed by atoms with Crippen LogP contribution in [0.25, 0.3) is 0 Å². The van der Waals surface area contributed by atoms with Gasteiger partial charge in [0.15, 0.2) is 0 Å². The number of ether oxygens (including phenoxy) is 1. The van der Waals surface area contributed by atoms with Crippen molar-refractivity contribution in [3.8, 4) is 0 Å². The molecule has 0 aromatic carbocycles. The summed E-state index contributed by atoms with van der Waals surface area (Å²) in [6, 6.07) is -0.550. The van der Waals surface area contributed by atoms with Crippen LogP contribution in [-0.2, 0) is 14.3 Å². The molecule has 0 saturated carbocycles. The lowest BCUT2D eigenvalue weighted by molar-refractivity contribution is -0.143. The molecule has 0 spiro atoms. The van der Waals surface area contributed by atoms with E-state index in [1.807, 2.05) is 0 Å². The maximum atomic E-state index is 12.5. The number of hydrogen-bond acceptors (Lipinski definition) is 5. The van der Waals surface area contributed by atoms with Crippen molar-refractivity contribution in [1.82, 2.24) is 5.32 Å². The number of esters is 1. The van der Waals surface area contributed by atoms with Gasteiger partial charge in [0.1, 0.15) is 0 Å². The minimum absolute atomic E-state index is 0.0212. The van der Waals surface area contributed by atoms with Gasteiger partial charge in [0.2, 0.25) is 5.91 Å². The van der Waals surface area contributed by atoms with Crippen molar-refractivity contribution in [2.45, 2.75) is 328 Å². The number of rotatable bonds is 56. The lowest BCUT2D eigenvalue weighted by atomic mass is 10.0. The Morgan fingerprint density at radius 2 is 0.768 bits per heavy atom. The van der Waals surface area contributed by atoms with Crippen molar-refractivity contribution in [1.29, 1.82) is 0 Å². The van der Waals surface area contributed by atoms with E-state index in [1.165, 1.54) is 205 Å². The van der Waals surface area contributed by atoms with Crippen LogP contribution < -0.4 is 5.32 Å². The molecule has 1 amide bonds. The number of aliphatic hydroxyl groups is 2. The fraction of sp³-hybridized carbons (Fsp3) is 0.841. The zero-order valence-electron chi connectivity index (χ0n) is 46.0. The predicted octanol–water partition coefficient (Wildman–Crippen LogP) is 19.0. The van der Waals surface area contributed by atoms with Crippen molar-refractivity contribution in [3.63, 3.8) is 0 Å². The summed E-state index contributed by atoms with van der Waals surface area (Å²) in [7, 11) is 0. The van der Waals surface area contributed by atoms with Crippen LogP contribution in [0.5, 0.6) is 0 Å². The first-order valence-corrected chi connectivity index (χ1v) is 30.4. The summed E-state index contributed by atoms with van der Waals surface area (Å²) in [5.74, 6) is -0.0654. The molecule has 6 heteroatoms. The van der Waals surface area contributed by atoms with Gasteiger partial charge in [0.05, 0.1) is 25.4 Å². The predicted molar refractivity (Wildman–Crippen MR) is 301 cm³/mol. The Morgan fingerprint density at radius 1 is 0.420 bits per heavy atom. The van der Waals surface area contributed by atoms with E-state index in [0.29, 0.717) is 25.9 Å². The maximum absolute atomic E-state index is 12.5. The van der Waals surface area contributed by atoms with Gasteiger partial charge in [-0.3, -0.25) is 9.59 Å². The van der Waals surface area contributed by atoms with Crippen LogP contribution in [0.2, 0.25) is 0 Å². The Bertz CT molecular complexity index is 1160. The van der Waals surface area contributed by atoms with E-state index in [9.17, 15) is 19.8 Å². The minimum atomic E-state index is -0.672. The van der Waals surface area contributed by atoms with Gasteiger partial charge in [0, 0.05) is 12.8 Å². The molecular weight excluding hydrogens is 851 g/mol. The molecule has 2 atom stereocenters. The van der Waals surface area contributed by atoms with E-state index in [4.69, 9.17) is 4.74 Å². The third kappa shape index (κ3) is 55.0. The van der Waals surface area contributed by atoms with Crippen LogP contribution in [-0.4, -0.2) is 47.4 Å². The number of carbonyl (C=O) groups is 2. The molecule has 0 aliphatic rings. The summed E-state index contributed by atoms with van der Waals surface area (Å²) in [5.41, 5.74) is 0. The fourth-order valence-electron chi connectivity index (χ4n) is 9.19. The van der Waals surface area contributed by atoms with Crippen LogP contribution in [0.15, 0.2) is 48.6 Å². The van der Waals surface area contributed by atoms with Gasteiger partial charge in [-0.2, -0.15) is 0 Å². The second-order valence-corrected chi connectivity index (χ2v) is 20.7. The summed E-state index contributed by atoms with van der Waals surface area (Å²) in [5, 5.41) is 23.3. The second-order valence-electron chi connectivity index (χ2n) is 20.7. The summed E-state index contributed by atoms with van der Waals surface area (Å²) in [4.78, 5) is 24.5. The maximum Gasteiger partial charge on any atom is 0.305 e. The highest BCUT2D eigenvalue weighted by molar-refractivity contribution is 5.76. The fourth-order valence-corrected chi connectivity index (χ4v) is 9.19. The number of unbranched alkanes of at least 4 members (excludes halogenated alkanes) is 38. The first-order chi connectivity index (χ1) is 34.0. The second kappa shape index (κ2) is 58.4. The van der Waals surface area contributed by atoms with Crippen molar-refractivity contribution in [2.24, 2.45) is 0 Å². The van der Waals surface area contributed by atoms with Crippen molar-refractivity contribution < 1.29 is 24.5 Å². The summed E-state index contributed by atoms with van der Waals surface area (Å²) >= 11 is 0. The lowest BCUT2D eigenvalue weighted by Crippen LogP contribution is -2.45. The van der Waals surface area contributed by atoms with E-state index in [2.05, 4.69) is 67.8 Å². The number of hydrogen-bond donors (Lipinski definition) is 3. The van der Waals surface area contributed by atoms with E-state index in [1.54, 1.807) is 0 Å². The van der Waals surface area contributed by atoms with Crippen LogP contribution >= 0.6 is 0 Å². The summed E-state index contributed by atoms with van der Waals surface area (Å²) in [6.07, 6.45) is 73.9. The third-order valence-electron chi connectivity index (χ3n) is 13.9. The van der Waals surface area contributed by atoms with E-state index in [0.717, 1.165) is 77.0 Å². The van der Waals surface area contributed by atoms with Crippen LogP contribution in [0.1, 0.15) is 316 Å². The SMILES string of the molecule is CCCCC/C=C\C/C=C\CCCCCCCCCC(=O)OCCCCC/C=C\C=C/CCCCCCCCCCCCC(=O)NC(CO)C(O)CCCCCCCCCCCCCCCCCC. The Balaban J connectivity index is 3.48. The average Bonchev–Trinajstić information content (AvgIpc) is 3.35. The van der Waals surface area contributed by atoms with Crippen molar-refractivity contribution in [2.75, 3.05) is 13.2 Å². The van der Waals surface area contributed by atoms with E-state index >= 15 is 0 Å². The third-order valence-corrected chi connectivity index (χ3v) is 13.9. The van der Waals surface area contributed by atoms with Gasteiger partial charge >= 0.3 is 5.97 Å². The Labute approximate surface area is 429 Å². The quantitative estimate of drug-likeness (QED) is 0.0244. The molecule has 6 nitrogen and oxygen atoms in total. The van der Waals surface area contributed by atoms with Crippen LogP contribution in [0.3, 0.4) is 0 Å². The molecule has 2 unspecified atom stereocenters. The largest absolute Gasteiger partial charge is 0.466 e. The average molecular weight is 969 g/mol. The zero-order valence-corrected chi connectivity index (χ0v) is 46.0. The van der Waals surface area contributed by atoms with Gasteiger partial charge in [-0.1, -0.05) is 262 Å². The number of aliphatic hydroxyl groups excluding tert-OH is 2. The molecule has 69 heavy (non-hydrogen) atoms. The molecule has 0 saturated heterocycles. The van der Waals surface area contributed by atoms with E-state index in [-0.39, 0.29) is 18.5 Å². The highest BCUT2D eigenvalue weighted by atomic mass is 16.5. The smallest absolute Gasteiger partial charge is 0.305 e. The zero-order chi connectivity index (χ0) is 50.0. The normalized spacial score (nSPS) is 12.9. The van der Waals surface area contributed by atoms with Gasteiger partial charge in [-0.25, -0.2) is 0 Å². The molecule has 0 bridgehead atoms. The van der Waals surface area contributed by atoms with E-state index < -0.39 is 12.1 Å².